The van der Waals surface area contributed by atoms with E-state index in [1.165, 1.54) is 0 Å². The van der Waals surface area contributed by atoms with Gasteiger partial charge in [-0.1, -0.05) is 27.7 Å². The molecule has 1 aromatic carbocycles. The number of carbonyl (C=O) groups is 1. The van der Waals surface area contributed by atoms with Gasteiger partial charge < -0.3 is 9.47 Å². The van der Waals surface area contributed by atoms with Gasteiger partial charge in [-0.15, -0.1) is 0 Å². The fourth-order valence-electron chi connectivity index (χ4n) is 1.52. The minimum atomic E-state index is -0.00578. The van der Waals surface area contributed by atoms with E-state index < -0.39 is 0 Å². The first-order valence-electron chi connectivity index (χ1n) is 6.80. The third-order valence-corrected chi connectivity index (χ3v) is 2.49. The summed E-state index contributed by atoms with van der Waals surface area (Å²) in [6.07, 6.45) is 0. The van der Waals surface area contributed by atoms with Crippen LogP contribution in [0.25, 0.3) is 0 Å². The van der Waals surface area contributed by atoms with Crippen LogP contribution in [0, 0.1) is 11.8 Å². The summed E-state index contributed by atoms with van der Waals surface area (Å²) in [5.74, 6) is 2.23. The highest BCUT2D eigenvalue weighted by atomic mass is 16.5. The Morgan fingerprint density at radius 2 is 1.63 bits per heavy atom. The number of carbonyl (C=O) groups excluding carboxylic acids is 1. The van der Waals surface area contributed by atoms with Crippen molar-refractivity contribution in [2.45, 2.75) is 34.6 Å². The van der Waals surface area contributed by atoms with Crippen molar-refractivity contribution in [3.8, 4) is 11.5 Å². The van der Waals surface area contributed by atoms with Crippen LogP contribution in [0.4, 0.5) is 0 Å². The molecule has 1 rings (SSSR count). The Labute approximate surface area is 115 Å². The van der Waals surface area contributed by atoms with Gasteiger partial charge in [0.2, 0.25) is 0 Å². The Hall–Kier alpha value is -1.51. The second kappa shape index (κ2) is 7.17. The van der Waals surface area contributed by atoms with Crippen LogP contribution in [0.3, 0.4) is 0 Å². The molecule has 0 bridgehead atoms. The van der Waals surface area contributed by atoms with Crippen LogP contribution < -0.4 is 9.47 Å². The quantitative estimate of drug-likeness (QED) is 0.699. The van der Waals surface area contributed by atoms with Crippen molar-refractivity contribution in [3.63, 3.8) is 0 Å². The third kappa shape index (κ3) is 5.33. The summed E-state index contributed by atoms with van der Waals surface area (Å²) in [6.45, 7) is 11.1. The van der Waals surface area contributed by atoms with E-state index in [-0.39, 0.29) is 5.78 Å². The molecule has 0 saturated carbocycles. The van der Waals surface area contributed by atoms with E-state index in [9.17, 15) is 4.79 Å². The zero-order valence-corrected chi connectivity index (χ0v) is 12.5. The molecule has 0 aliphatic heterocycles. The Bertz CT molecular complexity index is 422. The van der Waals surface area contributed by atoms with Gasteiger partial charge in [0.15, 0.2) is 5.78 Å². The smallest absolute Gasteiger partial charge is 0.163 e. The summed E-state index contributed by atoms with van der Waals surface area (Å²) in [4.78, 5) is 11.7. The Morgan fingerprint density at radius 3 is 2.16 bits per heavy atom. The van der Waals surface area contributed by atoms with Gasteiger partial charge in [0, 0.05) is 0 Å². The molecule has 0 N–H and O–H groups in total. The molecule has 0 saturated heterocycles. The number of Topliss-reactive ketones (excluding diaryl/α,β-unsaturated/α-hetero) is 1. The topological polar surface area (TPSA) is 35.5 Å². The first kappa shape index (κ1) is 15.5. The molecule has 0 atom stereocenters. The molecule has 106 valence electrons. The van der Waals surface area contributed by atoms with Crippen LogP contribution in [0.1, 0.15) is 45.0 Å². The van der Waals surface area contributed by atoms with E-state index in [4.69, 9.17) is 9.47 Å². The average molecular weight is 264 g/mol. The maximum absolute atomic E-state index is 11.7. The molecule has 0 aromatic heterocycles. The number of hydrogen-bond donors (Lipinski definition) is 0. The molecule has 0 unspecified atom stereocenters. The molecule has 1 aromatic rings. The fourth-order valence-corrected chi connectivity index (χ4v) is 1.52. The molecule has 0 aliphatic rings. The minimum absolute atomic E-state index is 0.00578. The monoisotopic (exact) mass is 264 g/mol. The van der Waals surface area contributed by atoms with E-state index in [1.54, 1.807) is 13.0 Å². The molecule has 3 nitrogen and oxygen atoms in total. The molecule has 3 heteroatoms. The van der Waals surface area contributed by atoms with Crippen molar-refractivity contribution in [2.24, 2.45) is 11.8 Å². The number of ketones is 1. The zero-order chi connectivity index (χ0) is 14.4. The van der Waals surface area contributed by atoms with Crippen molar-refractivity contribution in [3.05, 3.63) is 23.8 Å². The molecule has 0 aliphatic carbocycles. The third-order valence-electron chi connectivity index (χ3n) is 2.49. The van der Waals surface area contributed by atoms with Crippen molar-refractivity contribution in [1.82, 2.24) is 0 Å². The summed E-state index contributed by atoms with van der Waals surface area (Å²) in [5.41, 5.74) is 0.585. The van der Waals surface area contributed by atoms with Gasteiger partial charge in [0.05, 0.1) is 18.8 Å². The zero-order valence-electron chi connectivity index (χ0n) is 12.5. The van der Waals surface area contributed by atoms with Gasteiger partial charge in [-0.3, -0.25) is 4.79 Å². The van der Waals surface area contributed by atoms with Crippen LogP contribution in [-0.4, -0.2) is 19.0 Å². The summed E-state index contributed by atoms with van der Waals surface area (Å²) in [7, 11) is 0. The summed E-state index contributed by atoms with van der Waals surface area (Å²) in [5, 5.41) is 0. The summed E-state index contributed by atoms with van der Waals surface area (Å²) >= 11 is 0. The predicted octanol–water partition coefficient (Wildman–Crippen LogP) is 3.96. The van der Waals surface area contributed by atoms with Crippen molar-refractivity contribution >= 4 is 5.78 Å². The van der Waals surface area contributed by atoms with Gasteiger partial charge in [-0.2, -0.15) is 0 Å². The molecule has 19 heavy (non-hydrogen) atoms. The lowest BCUT2D eigenvalue weighted by Crippen LogP contribution is -2.09. The molecular formula is C16H24O3. The van der Waals surface area contributed by atoms with Gasteiger partial charge >= 0.3 is 0 Å². The number of rotatable bonds is 7. The normalized spacial score (nSPS) is 10.9. The Morgan fingerprint density at radius 1 is 1.05 bits per heavy atom. The second-order valence-electron chi connectivity index (χ2n) is 5.62. The fraction of sp³-hybridized carbons (Fsp3) is 0.562. The largest absolute Gasteiger partial charge is 0.493 e. The highest BCUT2D eigenvalue weighted by molar-refractivity contribution is 5.97. The van der Waals surface area contributed by atoms with E-state index >= 15 is 0 Å². The van der Waals surface area contributed by atoms with Crippen LogP contribution in [-0.2, 0) is 0 Å². The van der Waals surface area contributed by atoms with Crippen LogP contribution >= 0.6 is 0 Å². The average Bonchev–Trinajstić information content (AvgIpc) is 2.33. The van der Waals surface area contributed by atoms with Crippen LogP contribution in [0.15, 0.2) is 18.2 Å². The molecule has 0 radical (unpaired) electrons. The summed E-state index contributed by atoms with van der Waals surface area (Å²) < 4.78 is 11.3. The molecular weight excluding hydrogens is 240 g/mol. The second-order valence-corrected chi connectivity index (χ2v) is 5.62. The number of benzene rings is 1. The Balaban J connectivity index is 2.85. The van der Waals surface area contributed by atoms with E-state index in [2.05, 4.69) is 27.7 Å². The lowest BCUT2D eigenvalue weighted by atomic mass is 10.1. The lowest BCUT2D eigenvalue weighted by Gasteiger charge is -2.14. The van der Waals surface area contributed by atoms with Crippen molar-refractivity contribution < 1.29 is 14.3 Å². The lowest BCUT2D eigenvalue weighted by molar-refractivity contribution is 0.101. The molecule has 0 spiro atoms. The van der Waals surface area contributed by atoms with Gasteiger partial charge in [0.25, 0.3) is 0 Å². The minimum Gasteiger partial charge on any atom is -0.493 e. The molecule has 0 fully saturated rings. The SMILES string of the molecule is CC(=O)c1cc(OCC(C)C)ccc1OCC(C)C. The van der Waals surface area contributed by atoms with Crippen LogP contribution in [0.5, 0.6) is 11.5 Å². The number of ether oxygens (including phenoxy) is 2. The molecule has 0 heterocycles. The van der Waals surface area contributed by atoms with Crippen molar-refractivity contribution in [2.75, 3.05) is 13.2 Å². The Kier molecular flexibility index (Phi) is 5.87. The van der Waals surface area contributed by atoms with E-state index in [0.717, 1.165) is 5.75 Å². The summed E-state index contributed by atoms with van der Waals surface area (Å²) in [6, 6.07) is 5.43. The standard InChI is InChI=1S/C16H24O3/c1-11(2)9-18-14-6-7-16(19-10-12(3)4)15(8-14)13(5)17/h6-8,11-12H,9-10H2,1-5H3. The highest BCUT2D eigenvalue weighted by Crippen LogP contribution is 2.25. The van der Waals surface area contributed by atoms with Gasteiger partial charge in [-0.05, 0) is 37.0 Å². The van der Waals surface area contributed by atoms with Crippen molar-refractivity contribution in [1.29, 1.82) is 0 Å². The van der Waals surface area contributed by atoms with Gasteiger partial charge in [-0.25, -0.2) is 0 Å². The maximum atomic E-state index is 11.7. The van der Waals surface area contributed by atoms with E-state index in [0.29, 0.717) is 36.4 Å². The van der Waals surface area contributed by atoms with Crippen LogP contribution in [0.2, 0.25) is 0 Å². The highest BCUT2D eigenvalue weighted by Gasteiger charge is 2.11. The maximum Gasteiger partial charge on any atom is 0.163 e. The first-order chi connectivity index (χ1) is 8.90. The first-order valence-corrected chi connectivity index (χ1v) is 6.80. The van der Waals surface area contributed by atoms with Gasteiger partial charge in [0.1, 0.15) is 11.5 Å². The number of hydrogen-bond acceptors (Lipinski definition) is 3. The predicted molar refractivity (Wildman–Crippen MR) is 77.1 cm³/mol. The molecule has 0 amide bonds. The van der Waals surface area contributed by atoms with E-state index in [1.807, 2.05) is 12.1 Å².